The number of aliphatic hydroxyl groups excluding tert-OH is 1. The minimum atomic E-state index is -0.316. The highest BCUT2D eigenvalue weighted by molar-refractivity contribution is 5.92. The molecule has 116 valence electrons. The van der Waals surface area contributed by atoms with Crippen LogP contribution >= 0.6 is 0 Å². The molecule has 1 aromatic rings. The Labute approximate surface area is 125 Å². The molecule has 1 amide bonds. The maximum absolute atomic E-state index is 12.8. The molecule has 1 saturated heterocycles. The molecule has 0 aromatic heterocycles. The van der Waals surface area contributed by atoms with Crippen molar-refractivity contribution in [3.63, 3.8) is 0 Å². The molecule has 0 bridgehead atoms. The molecule has 4 nitrogen and oxygen atoms in total. The van der Waals surface area contributed by atoms with Gasteiger partial charge < -0.3 is 10.4 Å². The fourth-order valence-corrected chi connectivity index (χ4v) is 2.75. The number of rotatable bonds is 5. The second kappa shape index (κ2) is 7.00. The number of carbonyl (C=O) groups is 1. The van der Waals surface area contributed by atoms with E-state index in [4.69, 9.17) is 0 Å². The van der Waals surface area contributed by atoms with Gasteiger partial charge in [0.15, 0.2) is 0 Å². The van der Waals surface area contributed by atoms with Crippen LogP contribution in [-0.2, 0) is 4.79 Å². The number of anilines is 1. The van der Waals surface area contributed by atoms with Crippen molar-refractivity contribution in [3.8, 4) is 0 Å². The summed E-state index contributed by atoms with van der Waals surface area (Å²) in [6.07, 6.45) is 2.81. The first-order valence-corrected chi connectivity index (χ1v) is 7.45. The average molecular weight is 294 g/mol. The molecule has 0 aliphatic carbocycles. The minimum Gasteiger partial charge on any atom is -0.396 e. The summed E-state index contributed by atoms with van der Waals surface area (Å²) in [5.41, 5.74) is 0.640. The number of nitrogens with one attached hydrogen (secondary N) is 1. The number of carbonyl (C=O) groups excluding carboxylic acids is 1. The van der Waals surface area contributed by atoms with E-state index >= 15 is 0 Å². The second-order valence-corrected chi connectivity index (χ2v) is 5.84. The number of amides is 1. The van der Waals surface area contributed by atoms with Gasteiger partial charge in [0, 0.05) is 12.3 Å². The van der Waals surface area contributed by atoms with E-state index < -0.39 is 0 Å². The number of benzene rings is 1. The molecule has 2 rings (SSSR count). The number of piperidine rings is 1. The smallest absolute Gasteiger partial charge is 0.238 e. The maximum Gasteiger partial charge on any atom is 0.238 e. The number of aliphatic hydroxyl groups is 1. The number of nitrogens with zero attached hydrogens (tertiary/aromatic N) is 1. The molecule has 0 saturated carbocycles. The molecule has 1 heterocycles. The van der Waals surface area contributed by atoms with Gasteiger partial charge in [0.05, 0.1) is 6.54 Å². The molecule has 2 N–H and O–H groups in total. The van der Waals surface area contributed by atoms with Crippen LogP contribution in [-0.4, -0.2) is 42.2 Å². The third-order valence-corrected chi connectivity index (χ3v) is 4.50. The highest BCUT2D eigenvalue weighted by atomic mass is 19.1. The molecule has 1 aliphatic heterocycles. The van der Waals surface area contributed by atoms with Crippen molar-refractivity contribution in [3.05, 3.63) is 30.1 Å². The fourth-order valence-electron chi connectivity index (χ4n) is 2.75. The van der Waals surface area contributed by atoms with E-state index in [-0.39, 0.29) is 23.7 Å². The van der Waals surface area contributed by atoms with Crippen LogP contribution in [0.1, 0.15) is 26.2 Å². The lowest BCUT2D eigenvalue weighted by molar-refractivity contribution is -0.118. The lowest BCUT2D eigenvalue weighted by Gasteiger charge is -2.39. The van der Waals surface area contributed by atoms with Crippen molar-refractivity contribution in [2.45, 2.75) is 26.2 Å². The summed E-state index contributed by atoms with van der Waals surface area (Å²) < 4.78 is 12.8. The predicted molar refractivity (Wildman–Crippen MR) is 80.5 cm³/mol. The van der Waals surface area contributed by atoms with Gasteiger partial charge in [-0.3, -0.25) is 9.69 Å². The van der Waals surface area contributed by atoms with Gasteiger partial charge in [-0.15, -0.1) is 0 Å². The lowest BCUT2D eigenvalue weighted by Crippen LogP contribution is -2.44. The topological polar surface area (TPSA) is 52.6 Å². The van der Waals surface area contributed by atoms with Crippen molar-refractivity contribution in [1.29, 1.82) is 0 Å². The van der Waals surface area contributed by atoms with Crippen molar-refractivity contribution >= 4 is 11.6 Å². The Morgan fingerprint density at radius 1 is 1.33 bits per heavy atom. The van der Waals surface area contributed by atoms with Crippen LogP contribution in [0.4, 0.5) is 10.1 Å². The van der Waals surface area contributed by atoms with Gasteiger partial charge in [-0.2, -0.15) is 0 Å². The second-order valence-electron chi connectivity index (χ2n) is 5.84. The first-order valence-electron chi connectivity index (χ1n) is 7.45. The monoisotopic (exact) mass is 294 g/mol. The number of likely N-dealkylation sites (tertiary alicyclic amines) is 1. The van der Waals surface area contributed by atoms with E-state index in [2.05, 4.69) is 17.1 Å². The molecular formula is C16H23FN2O2. The Kier molecular flexibility index (Phi) is 5.31. The van der Waals surface area contributed by atoms with E-state index in [1.165, 1.54) is 12.1 Å². The highest BCUT2D eigenvalue weighted by Gasteiger charge is 2.32. The molecule has 0 unspecified atom stereocenters. The van der Waals surface area contributed by atoms with E-state index in [0.29, 0.717) is 12.2 Å². The molecule has 1 fully saturated rings. The summed E-state index contributed by atoms with van der Waals surface area (Å²) in [6.45, 7) is 4.31. The third kappa shape index (κ3) is 4.25. The van der Waals surface area contributed by atoms with E-state index in [1.807, 2.05) is 0 Å². The van der Waals surface area contributed by atoms with E-state index in [0.717, 1.165) is 32.4 Å². The zero-order valence-corrected chi connectivity index (χ0v) is 12.4. The van der Waals surface area contributed by atoms with Crippen molar-refractivity contribution in [2.24, 2.45) is 5.41 Å². The maximum atomic E-state index is 12.8. The van der Waals surface area contributed by atoms with Crippen LogP contribution in [0.3, 0.4) is 0 Å². The fraction of sp³-hybridized carbons (Fsp3) is 0.562. The minimum absolute atomic E-state index is 0.0317. The molecule has 0 atom stereocenters. The number of halogens is 1. The van der Waals surface area contributed by atoms with Crippen LogP contribution in [0.25, 0.3) is 0 Å². The zero-order valence-electron chi connectivity index (χ0n) is 12.4. The standard InChI is InChI=1S/C16H23FN2O2/c1-2-16(12-20)7-9-19(10-8-16)11-15(21)18-14-5-3-13(17)4-6-14/h3-6,20H,2,7-12H2,1H3,(H,18,21). The summed E-state index contributed by atoms with van der Waals surface area (Å²) in [4.78, 5) is 14.1. The molecule has 0 radical (unpaired) electrons. The summed E-state index contributed by atoms with van der Waals surface area (Å²) in [5.74, 6) is -0.404. The zero-order chi connectivity index (χ0) is 15.3. The van der Waals surface area contributed by atoms with Gasteiger partial charge in [0.1, 0.15) is 5.82 Å². The van der Waals surface area contributed by atoms with Gasteiger partial charge in [0.25, 0.3) is 0 Å². The Morgan fingerprint density at radius 3 is 2.48 bits per heavy atom. The van der Waals surface area contributed by atoms with Gasteiger partial charge in [-0.05, 0) is 62.0 Å². The van der Waals surface area contributed by atoms with Crippen molar-refractivity contribution < 1.29 is 14.3 Å². The first kappa shape index (κ1) is 15.9. The molecule has 21 heavy (non-hydrogen) atoms. The Hall–Kier alpha value is -1.46. The highest BCUT2D eigenvalue weighted by Crippen LogP contribution is 2.33. The SMILES string of the molecule is CCC1(CO)CCN(CC(=O)Nc2ccc(F)cc2)CC1. The summed E-state index contributed by atoms with van der Waals surface area (Å²) in [5, 5.41) is 12.3. The summed E-state index contributed by atoms with van der Waals surface area (Å²) in [7, 11) is 0. The third-order valence-electron chi connectivity index (χ3n) is 4.50. The largest absolute Gasteiger partial charge is 0.396 e. The first-order chi connectivity index (χ1) is 10.1. The van der Waals surface area contributed by atoms with Crippen LogP contribution in [0.15, 0.2) is 24.3 Å². The van der Waals surface area contributed by atoms with Gasteiger partial charge >= 0.3 is 0 Å². The molecular weight excluding hydrogens is 271 g/mol. The summed E-state index contributed by atoms with van der Waals surface area (Å²) >= 11 is 0. The van der Waals surface area contributed by atoms with Gasteiger partial charge in [-0.25, -0.2) is 4.39 Å². The van der Waals surface area contributed by atoms with Crippen LogP contribution in [0.2, 0.25) is 0 Å². The lowest BCUT2D eigenvalue weighted by atomic mass is 9.77. The Bertz CT molecular complexity index is 462. The predicted octanol–water partition coefficient (Wildman–Crippen LogP) is 2.25. The number of hydrogen-bond donors (Lipinski definition) is 2. The van der Waals surface area contributed by atoms with Crippen LogP contribution < -0.4 is 5.32 Å². The molecule has 0 spiro atoms. The molecule has 1 aromatic carbocycles. The molecule has 1 aliphatic rings. The van der Waals surface area contributed by atoms with Gasteiger partial charge in [0.2, 0.25) is 5.91 Å². The Morgan fingerprint density at radius 2 is 1.95 bits per heavy atom. The van der Waals surface area contributed by atoms with Crippen LogP contribution in [0.5, 0.6) is 0 Å². The van der Waals surface area contributed by atoms with Crippen LogP contribution in [0, 0.1) is 11.2 Å². The van der Waals surface area contributed by atoms with Crippen molar-refractivity contribution in [2.75, 3.05) is 31.6 Å². The van der Waals surface area contributed by atoms with Gasteiger partial charge in [-0.1, -0.05) is 6.92 Å². The Balaban J connectivity index is 1.80. The average Bonchev–Trinajstić information content (AvgIpc) is 2.51. The molecule has 5 heteroatoms. The van der Waals surface area contributed by atoms with E-state index in [9.17, 15) is 14.3 Å². The quantitative estimate of drug-likeness (QED) is 0.876. The summed E-state index contributed by atoms with van der Waals surface area (Å²) in [6, 6.07) is 5.76. The number of hydrogen-bond acceptors (Lipinski definition) is 3. The van der Waals surface area contributed by atoms with E-state index in [1.54, 1.807) is 12.1 Å². The normalized spacial score (nSPS) is 18.4. The van der Waals surface area contributed by atoms with Crippen molar-refractivity contribution in [1.82, 2.24) is 4.90 Å².